The number of carbonyl (C=O) groups is 2. The highest BCUT2D eigenvalue weighted by Crippen LogP contribution is 2.33. The summed E-state index contributed by atoms with van der Waals surface area (Å²) in [6.45, 7) is 4.67. The van der Waals surface area contributed by atoms with Gasteiger partial charge in [0, 0.05) is 56.5 Å². The Labute approximate surface area is 171 Å². The predicted octanol–water partition coefficient (Wildman–Crippen LogP) is 2.71. The average Bonchev–Trinajstić information content (AvgIpc) is 3.18. The molecule has 1 saturated heterocycles. The second-order valence-corrected chi connectivity index (χ2v) is 7.48. The van der Waals surface area contributed by atoms with Gasteiger partial charge in [-0.2, -0.15) is 0 Å². The number of carbonyl (C=O) groups excluding carboxylic acids is 2. The highest BCUT2D eigenvalue weighted by Gasteiger charge is 2.40. The monoisotopic (exact) mass is 393 g/mol. The first-order chi connectivity index (χ1) is 14.1. The van der Waals surface area contributed by atoms with Gasteiger partial charge in [-0.05, 0) is 23.8 Å². The van der Waals surface area contributed by atoms with Crippen LogP contribution in [-0.2, 0) is 16.0 Å². The van der Waals surface area contributed by atoms with Crippen LogP contribution in [0.15, 0.2) is 48.5 Å². The third kappa shape index (κ3) is 3.67. The third-order valence-electron chi connectivity index (χ3n) is 5.84. The van der Waals surface area contributed by atoms with Crippen LogP contribution in [-0.4, -0.2) is 56.0 Å². The molecule has 1 fully saturated rings. The molecular formula is C23H27N3O3. The fourth-order valence-corrected chi connectivity index (χ4v) is 4.27. The standard InChI is InChI=1S/C23H27N3O3/c1-3-22(27)26-20-10-5-4-7-17(20)15-21(26)23(28)25-13-11-24(12-14-25)18-8-6-9-19(16-18)29-2/h4-10,16,21H,3,11-15H2,1-2H3/t21-/m0/s1. The second kappa shape index (κ2) is 8.15. The lowest BCUT2D eigenvalue weighted by atomic mass is 10.1. The van der Waals surface area contributed by atoms with Gasteiger partial charge in [0.15, 0.2) is 0 Å². The normalized spacial score (nSPS) is 18.6. The number of hydrogen-bond acceptors (Lipinski definition) is 4. The maximum Gasteiger partial charge on any atom is 0.246 e. The summed E-state index contributed by atoms with van der Waals surface area (Å²) in [5, 5.41) is 0. The van der Waals surface area contributed by atoms with Crippen LogP contribution in [0.4, 0.5) is 11.4 Å². The third-order valence-corrected chi connectivity index (χ3v) is 5.84. The van der Waals surface area contributed by atoms with Gasteiger partial charge in [0.1, 0.15) is 11.8 Å². The molecule has 6 nitrogen and oxygen atoms in total. The Bertz CT molecular complexity index is 906. The summed E-state index contributed by atoms with van der Waals surface area (Å²) in [6, 6.07) is 15.4. The van der Waals surface area contributed by atoms with Crippen LogP contribution in [0.1, 0.15) is 18.9 Å². The molecule has 0 saturated carbocycles. The maximum absolute atomic E-state index is 13.3. The molecule has 2 aliphatic rings. The number of fused-ring (bicyclic) bond motifs is 1. The van der Waals surface area contributed by atoms with E-state index in [4.69, 9.17) is 4.74 Å². The summed E-state index contributed by atoms with van der Waals surface area (Å²) in [4.78, 5) is 31.8. The van der Waals surface area contributed by atoms with Crippen molar-refractivity contribution in [3.8, 4) is 5.75 Å². The number of rotatable bonds is 4. The average molecular weight is 393 g/mol. The van der Waals surface area contributed by atoms with Crippen LogP contribution in [0.5, 0.6) is 5.75 Å². The molecule has 0 aliphatic carbocycles. The summed E-state index contributed by atoms with van der Waals surface area (Å²) in [7, 11) is 1.67. The summed E-state index contributed by atoms with van der Waals surface area (Å²) in [5.74, 6) is 0.884. The zero-order chi connectivity index (χ0) is 20.4. The van der Waals surface area contributed by atoms with Crippen LogP contribution in [0.25, 0.3) is 0 Å². The lowest BCUT2D eigenvalue weighted by molar-refractivity contribution is -0.134. The van der Waals surface area contributed by atoms with E-state index in [9.17, 15) is 9.59 Å². The molecule has 2 aromatic rings. The lowest BCUT2D eigenvalue weighted by Crippen LogP contribution is -2.55. The highest BCUT2D eigenvalue weighted by atomic mass is 16.5. The summed E-state index contributed by atoms with van der Waals surface area (Å²) in [6.07, 6.45) is 0.985. The Morgan fingerprint density at radius 1 is 1.03 bits per heavy atom. The Hall–Kier alpha value is -3.02. The Balaban J connectivity index is 1.46. The molecule has 2 heterocycles. The molecule has 2 amide bonds. The van der Waals surface area contributed by atoms with Crippen molar-refractivity contribution >= 4 is 23.2 Å². The van der Waals surface area contributed by atoms with Crippen LogP contribution in [0.3, 0.4) is 0 Å². The largest absolute Gasteiger partial charge is 0.497 e. The van der Waals surface area contributed by atoms with Gasteiger partial charge in [-0.25, -0.2) is 0 Å². The molecule has 0 bridgehead atoms. The van der Waals surface area contributed by atoms with Gasteiger partial charge < -0.3 is 14.5 Å². The van der Waals surface area contributed by atoms with E-state index in [1.54, 1.807) is 12.0 Å². The first-order valence-electron chi connectivity index (χ1n) is 10.2. The van der Waals surface area contributed by atoms with E-state index in [0.717, 1.165) is 35.8 Å². The van der Waals surface area contributed by atoms with Gasteiger partial charge in [0.05, 0.1) is 7.11 Å². The molecule has 1 atom stereocenters. The van der Waals surface area contributed by atoms with Crippen molar-refractivity contribution in [2.24, 2.45) is 0 Å². The first kappa shape index (κ1) is 19.3. The number of anilines is 2. The van der Waals surface area contributed by atoms with Crippen molar-refractivity contribution in [3.05, 3.63) is 54.1 Å². The van der Waals surface area contributed by atoms with Gasteiger partial charge >= 0.3 is 0 Å². The van der Waals surface area contributed by atoms with Gasteiger partial charge in [-0.1, -0.05) is 31.2 Å². The number of ether oxygens (including phenoxy) is 1. The molecule has 0 spiro atoms. The smallest absolute Gasteiger partial charge is 0.246 e. The van der Waals surface area contributed by atoms with E-state index in [2.05, 4.69) is 11.0 Å². The van der Waals surface area contributed by atoms with Crippen molar-refractivity contribution in [3.63, 3.8) is 0 Å². The minimum absolute atomic E-state index is 0.00307. The molecule has 2 aromatic carbocycles. The van der Waals surface area contributed by atoms with E-state index in [-0.39, 0.29) is 11.8 Å². The Morgan fingerprint density at radius 3 is 2.52 bits per heavy atom. The van der Waals surface area contributed by atoms with E-state index < -0.39 is 6.04 Å². The van der Waals surface area contributed by atoms with E-state index in [1.165, 1.54) is 0 Å². The lowest BCUT2D eigenvalue weighted by Gasteiger charge is -2.38. The van der Waals surface area contributed by atoms with Crippen LogP contribution in [0, 0.1) is 0 Å². The number of benzene rings is 2. The minimum Gasteiger partial charge on any atom is -0.497 e. The molecule has 0 radical (unpaired) electrons. The Morgan fingerprint density at radius 2 is 1.79 bits per heavy atom. The number of methoxy groups -OCH3 is 1. The van der Waals surface area contributed by atoms with E-state index >= 15 is 0 Å². The van der Waals surface area contributed by atoms with Crippen molar-refractivity contribution in [1.29, 1.82) is 0 Å². The van der Waals surface area contributed by atoms with Crippen molar-refractivity contribution in [2.45, 2.75) is 25.8 Å². The van der Waals surface area contributed by atoms with Gasteiger partial charge in [0.25, 0.3) is 0 Å². The fraction of sp³-hybridized carbons (Fsp3) is 0.391. The minimum atomic E-state index is -0.428. The molecule has 2 aliphatic heterocycles. The van der Waals surface area contributed by atoms with Gasteiger partial charge in [-0.3, -0.25) is 14.5 Å². The SMILES string of the molecule is CCC(=O)N1c2ccccc2C[C@H]1C(=O)N1CCN(c2cccc(OC)c2)CC1. The number of nitrogens with zero attached hydrogens (tertiary/aromatic N) is 3. The zero-order valence-electron chi connectivity index (χ0n) is 17.0. The highest BCUT2D eigenvalue weighted by molar-refractivity contribution is 6.03. The molecule has 4 rings (SSSR count). The first-order valence-corrected chi connectivity index (χ1v) is 10.2. The summed E-state index contributed by atoms with van der Waals surface area (Å²) < 4.78 is 5.32. The van der Waals surface area contributed by atoms with E-state index in [1.807, 2.05) is 54.3 Å². The van der Waals surface area contributed by atoms with Crippen molar-refractivity contribution < 1.29 is 14.3 Å². The number of piperazine rings is 1. The number of para-hydroxylation sites is 1. The van der Waals surface area contributed by atoms with Gasteiger partial charge in [0.2, 0.25) is 11.8 Å². The topological polar surface area (TPSA) is 53.1 Å². The molecule has 29 heavy (non-hydrogen) atoms. The predicted molar refractivity (Wildman–Crippen MR) is 113 cm³/mol. The van der Waals surface area contributed by atoms with Crippen LogP contribution in [0.2, 0.25) is 0 Å². The Kier molecular flexibility index (Phi) is 5.43. The molecule has 152 valence electrons. The molecule has 0 N–H and O–H groups in total. The van der Waals surface area contributed by atoms with Crippen molar-refractivity contribution in [1.82, 2.24) is 4.90 Å². The van der Waals surface area contributed by atoms with Crippen LogP contribution < -0.4 is 14.5 Å². The molecule has 0 aromatic heterocycles. The zero-order valence-corrected chi connectivity index (χ0v) is 17.0. The van der Waals surface area contributed by atoms with Crippen LogP contribution >= 0.6 is 0 Å². The molecular weight excluding hydrogens is 366 g/mol. The second-order valence-electron chi connectivity index (χ2n) is 7.48. The summed E-state index contributed by atoms with van der Waals surface area (Å²) >= 11 is 0. The van der Waals surface area contributed by atoms with Gasteiger partial charge in [-0.15, -0.1) is 0 Å². The molecule has 6 heteroatoms. The quantitative estimate of drug-likeness (QED) is 0.802. The summed E-state index contributed by atoms with van der Waals surface area (Å²) in [5.41, 5.74) is 3.06. The van der Waals surface area contributed by atoms with Crippen molar-refractivity contribution in [2.75, 3.05) is 43.1 Å². The number of hydrogen-bond donors (Lipinski definition) is 0. The fourth-order valence-electron chi connectivity index (χ4n) is 4.27. The molecule has 0 unspecified atom stereocenters. The van der Waals surface area contributed by atoms with E-state index in [0.29, 0.717) is 25.9 Å². The number of amides is 2. The maximum atomic E-state index is 13.3.